The molecule has 30 nitrogen and oxygen atoms in total. The van der Waals surface area contributed by atoms with E-state index in [2.05, 4.69) is 36.7 Å². The summed E-state index contributed by atoms with van der Waals surface area (Å²) in [6.07, 6.45) is -22.6. The van der Waals surface area contributed by atoms with Gasteiger partial charge in [-0.05, 0) is 81.2 Å². The molecule has 0 bridgehead atoms. The maximum Gasteiger partial charge on any atom is 0.410 e. The molecule has 7 aliphatic heterocycles. The zero-order chi connectivity index (χ0) is 72.8. The van der Waals surface area contributed by atoms with Gasteiger partial charge in [0, 0.05) is 37.0 Å². The number of alkyl carbamates (subject to hydrolysis) is 2. The number of esters is 1. The molecule has 104 heavy (non-hydrogen) atoms. The van der Waals surface area contributed by atoms with E-state index in [1.807, 2.05) is 19.1 Å². The van der Waals surface area contributed by atoms with Crippen LogP contribution in [0.4, 0.5) is 23.2 Å². The van der Waals surface area contributed by atoms with Crippen LogP contribution in [0.5, 0.6) is 0 Å². The Morgan fingerprint density at radius 1 is 0.558 bits per heavy atom. The summed E-state index contributed by atoms with van der Waals surface area (Å²) in [6, 6.07) is 19.2. The second kappa shape index (κ2) is 36.8. The lowest BCUT2D eigenvalue weighted by Crippen LogP contribution is -2.69. The number of amides is 3. The molecule has 0 aromatic heterocycles. The van der Waals surface area contributed by atoms with Crippen LogP contribution < -0.4 is 38.9 Å². The van der Waals surface area contributed by atoms with Crippen LogP contribution in [0, 0.1) is 17.8 Å². The molecule has 9 aliphatic rings. The van der Waals surface area contributed by atoms with Crippen molar-refractivity contribution in [3.05, 3.63) is 108 Å². The second-order valence-electron chi connectivity index (χ2n) is 28.2. The first kappa shape index (κ1) is 82.1. The number of nitrogens with zero attached hydrogens (tertiary/aromatic N) is 1. The highest BCUT2D eigenvalue weighted by atomic mass is 19.1. The minimum Gasteiger partial charge on any atom is -0.453 e. The van der Waals surface area contributed by atoms with E-state index in [0.717, 1.165) is 18.4 Å². The van der Waals surface area contributed by atoms with Gasteiger partial charge in [0.05, 0.1) is 60.8 Å². The largest absolute Gasteiger partial charge is 0.453 e. The topological polar surface area (TPSA) is 422 Å². The standard InChI is InChI=1S/C49H60FN3O13.C21H40FN5O9.2CH4/c1-6-35-27(2)22-28(3)44(60-35)66-46-38-42(65-49(57)53(38)5)41-36(61-46)23-29(4)45(64-41)63-40-34(52-48(56)59-26-31-18-12-8-13-19-31)24-33(51-47(55)58-25-30-16-10-7-11-17-30)39(37(40)50)62-43(54)32-20-14-9-15-21-32;1-27-14-16(31)18-11(32-21(14)36-20-10(29)3-6(23)12(5-28)33-20)4-9(26)19(35-18)34-17-8(25)2-7(24)15(30)13(17)22;;/h7-21,27-29,33-42,44-46H,6,22-26H2,1-5H3,(H,51,55)(H,52,56);6-21,27-31H,2-5,23-26H2,1H3;2*1H4/t27-,28?,29?,33+,34?,35?,36-,37+,38?,39?,40+,41?,42?,44+,45-,46?;6-,7+,8?,9?,10?,11-,12?,13+,14?,15?,16?,17+,18?,19-,20+,21?;;/m00../s1. The molecule has 3 aromatic rings. The van der Waals surface area contributed by atoms with Gasteiger partial charge < -0.3 is 126 Å². The summed E-state index contributed by atoms with van der Waals surface area (Å²) in [5.41, 5.74) is 25.5. The van der Waals surface area contributed by atoms with Crippen molar-refractivity contribution in [1.29, 1.82) is 0 Å². The number of nitrogens with one attached hydrogen (secondary N) is 3. The minimum atomic E-state index is -2.16. The maximum atomic E-state index is 17.6. The zero-order valence-corrected chi connectivity index (χ0v) is 57.9. The highest BCUT2D eigenvalue weighted by molar-refractivity contribution is 5.89. The molecular formula is C72H108F2N8O22. The van der Waals surface area contributed by atoms with E-state index in [1.165, 1.54) is 17.0 Å². The number of hydrogen-bond acceptors (Lipinski definition) is 27. The molecule has 0 spiro atoms. The van der Waals surface area contributed by atoms with Crippen molar-refractivity contribution in [1.82, 2.24) is 20.9 Å². The van der Waals surface area contributed by atoms with Gasteiger partial charge in [-0.3, -0.25) is 4.90 Å². The smallest absolute Gasteiger partial charge is 0.410 e. The Hall–Kier alpha value is -5.96. The van der Waals surface area contributed by atoms with Gasteiger partial charge in [0.2, 0.25) is 0 Å². The number of fused-ring (bicyclic) bond motifs is 4. The van der Waals surface area contributed by atoms with Crippen LogP contribution in [-0.2, 0) is 79.5 Å². The number of aliphatic hydroxyl groups is 4. The summed E-state index contributed by atoms with van der Waals surface area (Å²) in [7, 11) is 3.19. The minimum absolute atomic E-state index is 0. The quantitative estimate of drug-likeness (QED) is 0.0605. The average Bonchev–Trinajstić information content (AvgIpc) is 1.29. The molecule has 9 fully saturated rings. The number of halogens is 2. The number of carbonyl (C=O) groups is 4. The Labute approximate surface area is 605 Å². The van der Waals surface area contributed by atoms with Crippen LogP contribution in [0.1, 0.15) is 109 Å². The fourth-order valence-electron chi connectivity index (χ4n) is 15.2. The van der Waals surface area contributed by atoms with Crippen molar-refractivity contribution in [2.24, 2.45) is 40.7 Å². The predicted octanol–water partition coefficient (Wildman–Crippen LogP) is 3.37. The molecular weight excluding hydrogens is 1370 g/mol. The molecule has 15 N–H and O–H groups in total. The maximum absolute atomic E-state index is 17.6. The lowest BCUT2D eigenvalue weighted by molar-refractivity contribution is -0.367. The summed E-state index contributed by atoms with van der Waals surface area (Å²) >= 11 is 0. The lowest BCUT2D eigenvalue weighted by atomic mass is 9.83. The molecule has 3 amide bonds. The first-order valence-corrected chi connectivity index (χ1v) is 35.2. The van der Waals surface area contributed by atoms with Crippen LogP contribution in [-0.4, -0.2) is 248 Å². The van der Waals surface area contributed by atoms with E-state index < -0.39 is 202 Å². The van der Waals surface area contributed by atoms with Crippen LogP contribution >= 0.6 is 0 Å². The third kappa shape index (κ3) is 18.9. The number of hydrogen-bond donors (Lipinski definition) is 11. The molecule has 32 atom stereocenters. The number of aliphatic hydroxyl groups excluding tert-OH is 4. The van der Waals surface area contributed by atoms with Crippen molar-refractivity contribution in [2.75, 3.05) is 20.7 Å². The number of nitrogens with two attached hydrogens (primary N) is 4. The van der Waals surface area contributed by atoms with Crippen molar-refractivity contribution in [3.8, 4) is 0 Å². The van der Waals surface area contributed by atoms with Gasteiger partial charge in [0.25, 0.3) is 0 Å². The molecule has 18 unspecified atom stereocenters. The van der Waals surface area contributed by atoms with E-state index in [4.69, 9.17) is 89.3 Å². The average molecular weight is 1480 g/mol. The molecule has 582 valence electrons. The van der Waals surface area contributed by atoms with Crippen molar-refractivity contribution in [2.45, 2.75) is 278 Å². The SMILES string of the molecule is C.C.CCC1O[C@H](OC2O[C@H]3CC(C)[C@@H](O[C@@H]4C(NC(=O)OCc5ccccc5)C[C@@H](NC(=O)OCc5ccccc5)C(OC(=O)c5ccccc5)[C@H]4F)OC3C3OC(=O)N(C)C23)C(C)C[C@@H]1C.CNC1C(O[C@H]2OC(CO)[C@@H](N)CC2O)O[C@H]2CC(N)[C@@H](O[C@@H]3C(N)C[C@@H](N)C(O)[C@H]3F)OC2C1O. The van der Waals surface area contributed by atoms with E-state index in [1.54, 1.807) is 80.8 Å². The Balaban J connectivity index is 0.000000279. The summed E-state index contributed by atoms with van der Waals surface area (Å²) in [4.78, 5) is 55.1. The number of benzene rings is 3. The molecule has 12 rings (SSSR count). The monoisotopic (exact) mass is 1470 g/mol. The van der Waals surface area contributed by atoms with E-state index in [0.29, 0.717) is 17.9 Å². The fraction of sp³-hybridized carbons (Fsp3) is 0.694. The highest BCUT2D eigenvalue weighted by Crippen LogP contribution is 2.44. The summed E-state index contributed by atoms with van der Waals surface area (Å²) in [5, 5.41) is 49.3. The number of likely N-dealkylation sites (N-methyl/N-ethyl adjacent to an activating group) is 2. The number of ether oxygens (including phenoxy) is 14. The van der Waals surface area contributed by atoms with Gasteiger partial charge in [-0.25, -0.2) is 28.0 Å². The van der Waals surface area contributed by atoms with Gasteiger partial charge in [-0.1, -0.05) is 121 Å². The highest BCUT2D eigenvalue weighted by Gasteiger charge is 2.61. The molecule has 3 aromatic carbocycles. The third-order valence-corrected chi connectivity index (χ3v) is 20.8. The normalized spacial score (nSPS) is 41.0. The van der Waals surface area contributed by atoms with Crippen LogP contribution in [0.3, 0.4) is 0 Å². The first-order valence-electron chi connectivity index (χ1n) is 35.2. The molecule has 2 saturated carbocycles. The molecule has 32 heteroatoms. The van der Waals surface area contributed by atoms with Crippen molar-refractivity contribution >= 4 is 24.2 Å². The molecule has 2 aliphatic carbocycles. The fourth-order valence-corrected chi connectivity index (χ4v) is 15.2. The van der Waals surface area contributed by atoms with E-state index in [-0.39, 0.29) is 77.9 Å². The Bertz CT molecular complexity index is 3200. The van der Waals surface area contributed by atoms with Crippen LogP contribution in [0.25, 0.3) is 0 Å². The number of carbonyl (C=O) groups excluding carboxylic acids is 4. The van der Waals surface area contributed by atoms with Gasteiger partial charge >= 0.3 is 24.2 Å². The third-order valence-electron chi connectivity index (χ3n) is 20.8. The second-order valence-corrected chi connectivity index (χ2v) is 28.2. The van der Waals surface area contributed by atoms with Gasteiger partial charge in [0.1, 0.15) is 62.0 Å². The van der Waals surface area contributed by atoms with Gasteiger partial charge in [-0.2, -0.15) is 0 Å². The van der Waals surface area contributed by atoms with Crippen LogP contribution in [0.2, 0.25) is 0 Å². The van der Waals surface area contributed by atoms with Gasteiger partial charge in [-0.15, -0.1) is 0 Å². The predicted molar refractivity (Wildman–Crippen MR) is 367 cm³/mol. The Kier molecular flexibility index (Phi) is 29.0. The van der Waals surface area contributed by atoms with E-state index in [9.17, 15) is 44.0 Å². The molecule has 7 saturated heterocycles. The Morgan fingerprint density at radius 2 is 1.11 bits per heavy atom. The molecule has 0 radical (unpaired) electrons. The number of alkyl halides is 2. The molecule has 7 heterocycles. The zero-order valence-electron chi connectivity index (χ0n) is 57.9. The van der Waals surface area contributed by atoms with Crippen molar-refractivity contribution in [3.63, 3.8) is 0 Å². The van der Waals surface area contributed by atoms with E-state index >= 15 is 4.39 Å². The Morgan fingerprint density at radius 3 is 1.72 bits per heavy atom. The van der Waals surface area contributed by atoms with Crippen molar-refractivity contribution < 1.29 is 115 Å². The summed E-state index contributed by atoms with van der Waals surface area (Å²) in [6.45, 7) is 7.66. The summed E-state index contributed by atoms with van der Waals surface area (Å²) < 4.78 is 117. The summed E-state index contributed by atoms with van der Waals surface area (Å²) in [5.74, 6) is -0.861. The first-order chi connectivity index (χ1) is 48.9. The number of rotatable bonds is 19. The lowest BCUT2D eigenvalue weighted by Gasteiger charge is -2.51. The van der Waals surface area contributed by atoms with Crippen LogP contribution in [0.15, 0.2) is 91.0 Å². The van der Waals surface area contributed by atoms with Gasteiger partial charge in [0.15, 0.2) is 62.3 Å².